The summed E-state index contributed by atoms with van der Waals surface area (Å²) >= 11 is 0. The molecule has 0 heterocycles. The predicted molar refractivity (Wildman–Crippen MR) is 86.0 cm³/mol. The molecule has 0 aliphatic carbocycles. The summed E-state index contributed by atoms with van der Waals surface area (Å²) in [6.45, 7) is 9.90. The molecule has 1 N–H and O–H groups in total. The highest BCUT2D eigenvalue weighted by molar-refractivity contribution is 5.97. The first kappa shape index (κ1) is 17.5. The highest BCUT2D eigenvalue weighted by atomic mass is 16.5. The van der Waals surface area contributed by atoms with Crippen molar-refractivity contribution in [3.05, 3.63) is 23.3 Å². The molecule has 0 aromatic heterocycles. The Labute approximate surface area is 127 Å². The second-order valence-corrected chi connectivity index (χ2v) is 6.13. The number of anilines is 1. The lowest BCUT2D eigenvalue weighted by atomic mass is 9.93. The Hall–Kier alpha value is -1.55. The number of methoxy groups -OCH3 is 2. The largest absolute Gasteiger partial charge is 0.496 e. The normalized spacial score (nSPS) is 13.9. The van der Waals surface area contributed by atoms with Crippen molar-refractivity contribution < 1.29 is 14.3 Å². The van der Waals surface area contributed by atoms with Crippen LogP contribution in [-0.4, -0.2) is 25.7 Å². The van der Waals surface area contributed by atoms with Gasteiger partial charge in [0.2, 0.25) is 0 Å². The van der Waals surface area contributed by atoms with Gasteiger partial charge in [-0.05, 0) is 56.4 Å². The SMILES string of the molecule is COc1c(C)cc(NC(=O)[C@@](C)(CC(C)C)OC)cc1C. The summed E-state index contributed by atoms with van der Waals surface area (Å²) < 4.78 is 10.8. The number of hydrogen-bond acceptors (Lipinski definition) is 3. The maximum absolute atomic E-state index is 12.5. The monoisotopic (exact) mass is 293 g/mol. The van der Waals surface area contributed by atoms with E-state index in [4.69, 9.17) is 9.47 Å². The fourth-order valence-corrected chi connectivity index (χ4v) is 2.66. The van der Waals surface area contributed by atoms with E-state index in [9.17, 15) is 4.79 Å². The third-order valence-corrected chi connectivity index (χ3v) is 3.65. The van der Waals surface area contributed by atoms with Crippen LogP contribution in [-0.2, 0) is 9.53 Å². The fraction of sp³-hybridized carbons (Fsp3) is 0.588. The number of carbonyl (C=O) groups is 1. The summed E-state index contributed by atoms with van der Waals surface area (Å²) in [5.41, 5.74) is 1.94. The molecule has 1 aromatic carbocycles. The zero-order valence-electron chi connectivity index (χ0n) is 14.2. The summed E-state index contributed by atoms with van der Waals surface area (Å²) in [7, 11) is 3.23. The Morgan fingerprint density at radius 2 is 1.76 bits per heavy atom. The maximum atomic E-state index is 12.5. The summed E-state index contributed by atoms with van der Waals surface area (Å²) in [4.78, 5) is 12.5. The van der Waals surface area contributed by atoms with E-state index in [0.717, 1.165) is 22.6 Å². The van der Waals surface area contributed by atoms with Gasteiger partial charge in [0.1, 0.15) is 11.4 Å². The van der Waals surface area contributed by atoms with Crippen LogP contribution in [0.3, 0.4) is 0 Å². The number of nitrogens with one attached hydrogen (secondary N) is 1. The van der Waals surface area contributed by atoms with Crippen molar-refractivity contribution >= 4 is 11.6 Å². The molecule has 0 spiro atoms. The van der Waals surface area contributed by atoms with Gasteiger partial charge < -0.3 is 14.8 Å². The number of hydrogen-bond donors (Lipinski definition) is 1. The average molecular weight is 293 g/mol. The predicted octanol–water partition coefficient (Wildman–Crippen LogP) is 3.70. The molecule has 0 unspecified atom stereocenters. The molecule has 1 amide bonds. The second-order valence-electron chi connectivity index (χ2n) is 6.13. The van der Waals surface area contributed by atoms with Crippen LogP contribution in [0.1, 0.15) is 38.3 Å². The number of amides is 1. The molecule has 1 aromatic rings. The highest BCUT2D eigenvalue weighted by Crippen LogP contribution is 2.28. The standard InChI is InChI=1S/C17H27NO3/c1-11(2)10-17(5,21-7)16(19)18-14-8-12(3)15(20-6)13(4)9-14/h8-9,11H,10H2,1-7H3,(H,18,19)/t17-/m1/s1. The quantitative estimate of drug-likeness (QED) is 0.870. The molecule has 4 nitrogen and oxygen atoms in total. The van der Waals surface area contributed by atoms with Crippen molar-refractivity contribution in [1.29, 1.82) is 0 Å². The van der Waals surface area contributed by atoms with E-state index in [1.165, 1.54) is 0 Å². The van der Waals surface area contributed by atoms with Crippen LogP contribution in [0.15, 0.2) is 12.1 Å². The number of ether oxygens (including phenoxy) is 2. The van der Waals surface area contributed by atoms with Crippen molar-refractivity contribution in [2.24, 2.45) is 5.92 Å². The lowest BCUT2D eigenvalue weighted by Crippen LogP contribution is -2.43. The molecule has 0 aliphatic heterocycles. The van der Waals surface area contributed by atoms with Gasteiger partial charge in [0.05, 0.1) is 7.11 Å². The van der Waals surface area contributed by atoms with Gasteiger partial charge in [-0.2, -0.15) is 0 Å². The lowest BCUT2D eigenvalue weighted by Gasteiger charge is -2.28. The van der Waals surface area contributed by atoms with Crippen molar-refractivity contribution in [2.45, 2.75) is 46.6 Å². The molecular formula is C17H27NO3. The number of benzene rings is 1. The van der Waals surface area contributed by atoms with Gasteiger partial charge in [0.25, 0.3) is 5.91 Å². The van der Waals surface area contributed by atoms with Gasteiger partial charge in [0, 0.05) is 12.8 Å². The molecule has 0 saturated heterocycles. The fourth-order valence-electron chi connectivity index (χ4n) is 2.66. The van der Waals surface area contributed by atoms with E-state index in [1.54, 1.807) is 14.2 Å². The van der Waals surface area contributed by atoms with E-state index in [2.05, 4.69) is 19.2 Å². The Kier molecular flexibility index (Phi) is 5.78. The van der Waals surface area contributed by atoms with E-state index in [0.29, 0.717) is 12.3 Å². The van der Waals surface area contributed by atoms with Crippen LogP contribution in [0.5, 0.6) is 5.75 Å². The van der Waals surface area contributed by atoms with Crippen LogP contribution in [0.25, 0.3) is 0 Å². The van der Waals surface area contributed by atoms with Gasteiger partial charge in [-0.3, -0.25) is 4.79 Å². The molecule has 0 aliphatic rings. The van der Waals surface area contributed by atoms with Crippen molar-refractivity contribution in [2.75, 3.05) is 19.5 Å². The summed E-state index contributed by atoms with van der Waals surface area (Å²) in [5, 5.41) is 2.95. The Morgan fingerprint density at radius 1 is 1.24 bits per heavy atom. The van der Waals surface area contributed by atoms with Crippen molar-refractivity contribution in [3.8, 4) is 5.75 Å². The molecule has 21 heavy (non-hydrogen) atoms. The molecular weight excluding hydrogens is 266 g/mol. The van der Waals surface area contributed by atoms with Gasteiger partial charge in [-0.1, -0.05) is 13.8 Å². The van der Waals surface area contributed by atoms with Crippen molar-refractivity contribution in [1.82, 2.24) is 0 Å². The minimum absolute atomic E-state index is 0.123. The third kappa shape index (κ3) is 4.21. The topological polar surface area (TPSA) is 47.6 Å². The second kappa shape index (κ2) is 6.94. The molecule has 118 valence electrons. The molecule has 1 rings (SSSR count). The number of carbonyl (C=O) groups excluding carboxylic acids is 1. The maximum Gasteiger partial charge on any atom is 0.256 e. The average Bonchev–Trinajstić information content (AvgIpc) is 2.37. The summed E-state index contributed by atoms with van der Waals surface area (Å²) in [5.74, 6) is 1.10. The van der Waals surface area contributed by atoms with Gasteiger partial charge in [-0.15, -0.1) is 0 Å². The summed E-state index contributed by atoms with van der Waals surface area (Å²) in [6, 6.07) is 3.82. The first-order chi connectivity index (χ1) is 9.73. The lowest BCUT2D eigenvalue weighted by molar-refractivity contribution is -0.137. The van der Waals surface area contributed by atoms with E-state index in [1.807, 2.05) is 32.9 Å². The minimum Gasteiger partial charge on any atom is -0.496 e. The molecule has 0 bridgehead atoms. The Bertz CT molecular complexity index is 488. The van der Waals surface area contributed by atoms with Gasteiger partial charge in [-0.25, -0.2) is 0 Å². The van der Waals surface area contributed by atoms with Gasteiger partial charge in [0.15, 0.2) is 0 Å². The minimum atomic E-state index is -0.824. The number of aryl methyl sites for hydroxylation is 2. The molecule has 0 radical (unpaired) electrons. The molecule has 0 fully saturated rings. The number of rotatable bonds is 6. The molecule has 1 atom stereocenters. The molecule has 4 heteroatoms. The first-order valence-corrected chi connectivity index (χ1v) is 7.25. The van der Waals surface area contributed by atoms with Crippen LogP contribution >= 0.6 is 0 Å². The van der Waals surface area contributed by atoms with Crippen LogP contribution < -0.4 is 10.1 Å². The van der Waals surface area contributed by atoms with E-state index in [-0.39, 0.29) is 5.91 Å². The van der Waals surface area contributed by atoms with Crippen molar-refractivity contribution in [3.63, 3.8) is 0 Å². The zero-order chi connectivity index (χ0) is 16.2. The smallest absolute Gasteiger partial charge is 0.256 e. The van der Waals surface area contributed by atoms with Crippen LogP contribution in [0, 0.1) is 19.8 Å². The Balaban J connectivity index is 2.97. The first-order valence-electron chi connectivity index (χ1n) is 7.25. The third-order valence-electron chi connectivity index (χ3n) is 3.65. The summed E-state index contributed by atoms with van der Waals surface area (Å²) in [6.07, 6.45) is 0.670. The Morgan fingerprint density at radius 3 is 2.14 bits per heavy atom. The van der Waals surface area contributed by atoms with Crippen LogP contribution in [0.4, 0.5) is 5.69 Å². The zero-order valence-corrected chi connectivity index (χ0v) is 14.2. The van der Waals surface area contributed by atoms with Crippen LogP contribution in [0.2, 0.25) is 0 Å². The highest BCUT2D eigenvalue weighted by Gasteiger charge is 2.34. The van der Waals surface area contributed by atoms with Gasteiger partial charge >= 0.3 is 0 Å². The van der Waals surface area contributed by atoms with E-state index >= 15 is 0 Å². The molecule has 0 saturated carbocycles. The van der Waals surface area contributed by atoms with E-state index < -0.39 is 5.60 Å².